The highest BCUT2D eigenvalue weighted by molar-refractivity contribution is 7.20. The Morgan fingerprint density at radius 3 is 2.69 bits per heavy atom. The van der Waals surface area contributed by atoms with E-state index < -0.39 is 12.1 Å². The summed E-state index contributed by atoms with van der Waals surface area (Å²) in [6.45, 7) is 7.75. The van der Waals surface area contributed by atoms with E-state index in [-0.39, 0.29) is 24.2 Å². The van der Waals surface area contributed by atoms with E-state index in [1.165, 1.54) is 0 Å². The number of carbonyl (C=O) groups excluding carboxylic acids is 2. The van der Waals surface area contributed by atoms with Crippen LogP contribution in [0.4, 0.5) is 0 Å². The molecule has 0 bridgehead atoms. The van der Waals surface area contributed by atoms with E-state index in [0.717, 1.165) is 24.2 Å². The molecule has 0 saturated heterocycles. The lowest BCUT2D eigenvalue weighted by Gasteiger charge is -2.24. The molecule has 0 spiro atoms. The smallest absolute Gasteiger partial charge is 0.348 e. The van der Waals surface area contributed by atoms with Crippen LogP contribution in [-0.4, -0.2) is 63.3 Å². The van der Waals surface area contributed by atoms with Crippen LogP contribution in [-0.2, 0) is 20.8 Å². The van der Waals surface area contributed by atoms with E-state index in [1.54, 1.807) is 20.8 Å². The van der Waals surface area contributed by atoms with Crippen LogP contribution in [0.3, 0.4) is 0 Å². The Kier molecular flexibility index (Phi) is 8.02. The number of esters is 2. The molecule has 1 saturated carbocycles. The monoisotopic (exact) mass is 465 g/mol. The summed E-state index contributed by atoms with van der Waals surface area (Å²) in [5.74, 6) is -0.308. The molecule has 1 fully saturated rings. The highest BCUT2D eigenvalue weighted by Gasteiger charge is 2.31. The van der Waals surface area contributed by atoms with Gasteiger partial charge in [-0.15, -0.1) is 11.3 Å². The molecule has 3 rings (SSSR count). The van der Waals surface area contributed by atoms with Gasteiger partial charge in [0.15, 0.2) is 0 Å². The summed E-state index contributed by atoms with van der Waals surface area (Å²) in [7, 11) is 0. The van der Waals surface area contributed by atoms with Gasteiger partial charge in [0.25, 0.3) is 5.56 Å². The van der Waals surface area contributed by atoms with Crippen molar-refractivity contribution in [2.45, 2.75) is 78.2 Å². The first kappa shape index (κ1) is 24.3. The Labute approximate surface area is 190 Å². The van der Waals surface area contributed by atoms with Gasteiger partial charge in [0.2, 0.25) is 0 Å². The van der Waals surface area contributed by atoms with Crippen molar-refractivity contribution in [3.05, 3.63) is 26.6 Å². The van der Waals surface area contributed by atoms with E-state index in [0.29, 0.717) is 58.5 Å². The number of aliphatic hydroxyl groups excluding tert-OH is 1. The summed E-state index contributed by atoms with van der Waals surface area (Å²) in [5, 5.41) is 10.7. The zero-order valence-electron chi connectivity index (χ0n) is 19.0. The predicted octanol–water partition coefficient (Wildman–Crippen LogP) is 2.53. The molecule has 10 heteroatoms. The lowest BCUT2D eigenvalue weighted by molar-refractivity contribution is -0.147. The number of carbonyl (C=O) groups is 2. The van der Waals surface area contributed by atoms with Crippen LogP contribution in [0, 0.1) is 6.92 Å². The van der Waals surface area contributed by atoms with Gasteiger partial charge in [-0.2, -0.15) is 0 Å². The molecule has 1 aliphatic rings. The number of H-pyrrole nitrogens is 1. The van der Waals surface area contributed by atoms with E-state index in [4.69, 9.17) is 9.47 Å². The van der Waals surface area contributed by atoms with Gasteiger partial charge in [-0.05, 0) is 45.6 Å². The van der Waals surface area contributed by atoms with Crippen LogP contribution >= 0.6 is 11.3 Å². The Hall–Kier alpha value is -2.30. The summed E-state index contributed by atoms with van der Waals surface area (Å²) in [6.07, 6.45) is 1.94. The second-order valence-electron chi connectivity index (χ2n) is 8.45. The lowest BCUT2D eigenvalue weighted by atomic mass is 10.2. The van der Waals surface area contributed by atoms with Gasteiger partial charge in [0, 0.05) is 19.0 Å². The number of hydrogen-bond donors (Lipinski definition) is 2. The number of hydrogen-bond acceptors (Lipinski definition) is 9. The number of aliphatic hydroxyl groups is 1. The quantitative estimate of drug-likeness (QED) is 0.486. The molecule has 176 valence electrons. The van der Waals surface area contributed by atoms with Gasteiger partial charge in [-0.25, -0.2) is 9.78 Å². The maximum absolute atomic E-state index is 12.7. The van der Waals surface area contributed by atoms with E-state index in [1.807, 2.05) is 11.8 Å². The van der Waals surface area contributed by atoms with Crippen molar-refractivity contribution < 1.29 is 24.2 Å². The molecule has 0 aromatic carbocycles. The summed E-state index contributed by atoms with van der Waals surface area (Å²) in [4.78, 5) is 47.0. The van der Waals surface area contributed by atoms with E-state index in [9.17, 15) is 19.5 Å². The maximum atomic E-state index is 12.7. The number of nitrogens with one attached hydrogen (secondary N) is 1. The van der Waals surface area contributed by atoms with Crippen LogP contribution < -0.4 is 5.56 Å². The summed E-state index contributed by atoms with van der Waals surface area (Å²) in [6, 6.07) is 0.290. The van der Waals surface area contributed by atoms with Crippen LogP contribution in [0.25, 0.3) is 10.2 Å². The third kappa shape index (κ3) is 6.14. The molecule has 2 aromatic rings. The average molecular weight is 466 g/mol. The molecule has 9 nitrogen and oxygen atoms in total. The number of nitrogens with zero attached hydrogens (tertiary/aromatic N) is 2. The summed E-state index contributed by atoms with van der Waals surface area (Å²) < 4.78 is 10.4. The third-order valence-electron chi connectivity index (χ3n) is 5.13. The molecule has 0 radical (unpaired) electrons. The molecule has 2 N–H and O–H groups in total. The molecule has 1 atom stereocenters. The summed E-state index contributed by atoms with van der Waals surface area (Å²) in [5.41, 5.74) is 0.270. The molecule has 0 aliphatic heterocycles. The molecule has 1 unspecified atom stereocenters. The second-order valence-corrected chi connectivity index (χ2v) is 9.45. The zero-order chi connectivity index (χ0) is 23.4. The first-order valence-electron chi connectivity index (χ1n) is 11.0. The number of fused-ring (bicyclic) bond motifs is 1. The fourth-order valence-electron chi connectivity index (χ4n) is 3.49. The minimum absolute atomic E-state index is 0.0590. The van der Waals surface area contributed by atoms with Crippen molar-refractivity contribution in [2.24, 2.45) is 0 Å². The molecule has 32 heavy (non-hydrogen) atoms. The molecule has 1 aliphatic carbocycles. The van der Waals surface area contributed by atoms with Crippen molar-refractivity contribution in [2.75, 3.05) is 13.2 Å². The van der Waals surface area contributed by atoms with Crippen molar-refractivity contribution in [3.8, 4) is 0 Å². The normalized spacial score (nSPS) is 14.8. The van der Waals surface area contributed by atoms with Gasteiger partial charge < -0.3 is 19.6 Å². The largest absolute Gasteiger partial charge is 0.463 e. The van der Waals surface area contributed by atoms with Crippen molar-refractivity contribution in [1.29, 1.82) is 0 Å². The standard InChI is InChI=1S/C22H31N3O6S/c1-5-6-17(27)30-11-15(26)9-25(14-7-8-14)10-16-23-20(28)18-13(4)19(32-21(18)24-16)22(29)31-12(2)3/h12,14-15,26H,5-11H2,1-4H3,(H,23,24,28). The molecule has 0 amide bonds. The highest BCUT2D eigenvalue weighted by atomic mass is 32.1. The Balaban J connectivity index is 1.74. The maximum Gasteiger partial charge on any atom is 0.348 e. The first-order chi connectivity index (χ1) is 15.2. The minimum atomic E-state index is -0.826. The fourth-order valence-corrected chi connectivity index (χ4v) is 4.57. The zero-order valence-corrected chi connectivity index (χ0v) is 19.8. The SMILES string of the molecule is CCCC(=O)OCC(O)CN(Cc1nc2sc(C(=O)OC(C)C)c(C)c2c(=O)[nH]1)C1CC1. The number of aromatic amines is 1. The van der Waals surface area contributed by atoms with Crippen LogP contribution in [0.1, 0.15) is 67.5 Å². The number of rotatable bonds is 11. The Morgan fingerprint density at radius 1 is 1.34 bits per heavy atom. The van der Waals surface area contributed by atoms with Gasteiger partial charge in [-0.1, -0.05) is 6.92 Å². The molecule has 2 heterocycles. The fraction of sp³-hybridized carbons (Fsp3) is 0.636. The van der Waals surface area contributed by atoms with Gasteiger partial charge in [-0.3, -0.25) is 14.5 Å². The van der Waals surface area contributed by atoms with E-state index in [2.05, 4.69) is 9.97 Å². The predicted molar refractivity (Wildman–Crippen MR) is 121 cm³/mol. The van der Waals surface area contributed by atoms with Crippen molar-refractivity contribution in [1.82, 2.24) is 14.9 Å². The van der Waals surface area contributed by atoms with Crippen molar-refractivity contribution in [3.63, 3.8) is 0 Å². The second kappa shape index (κ2) is 10.5. The van der Waals surface area contributed by atoms with E-state index >= 15 is 0 Å². The van der Waals surface area contributed by atoms with Gasteiger partial charge in [0.1, 0.15) is 28.2 Å². The van der Waals surface area contributed by atoms with Crippen LogP contribution in [0.15, 0.2) is 4.79 Å². The van der Waals surface area contributed by atoms with Crippen LogP contribution in [0.5, 0.6) is 0 Å². The first-order valence-corrected chi connectivity index (χ1v) is 11.8. The Morgan fingerprint density at radius 2 is 2.06 bits per heavy atom. The number of aryl methyl sites for hydroxylation is 1. The highest BCUT2D eigenvalue weighted by Crippen LogP contribution is 2.30. The Bertz CT molecular complexity index is 1030. The van der Waals surface area contributed by atoms with Crippen molar-refractivity contribution >= 4 is 33.5 Å². The molecular formula is C22H31N3O6S. The summed E-state index contributed by atoms with van der Waals surface area (Å²) >= 11 is 1.15. The topological polar surface area (TPSA) is 122 Å². The molecular weight excluding hydrogens is 434 g/mol. The third-order valence-corrected chi connectivity index (χ3v) is 6.30. The lowest BCUT2D eigenvalue weighted by Crippen LogP contribution is -2.37. The minimum Gasteiger partial charge on any atom is -0.463 e. The van der Waals surface area contributed by atoms with Gasteiger partial charge >= 0.3 is 11.9 Å². The van der Waals surface area contributed by atoms with Crippen LogP contribution in [0.2, 0.25) is 0 Å². The number of aromatic nitrogens is 2. The average Bonchev–Trinajstić information content (AvgIpc) is 3.49. The molecule has 2 aromatic heterocycles. The van der Waals surface area contributed by atoms with Gasteiger partial charge in [0.05, 0.1) is 18.0 Å². The number of thiophene rings is 1. The number of ether oxygens (including phenoxy) is 2.